The number of halogens is 3. The summed E-state index contributed by atoms with van der Waals surface area (Å²) < 4.78 is 37.9. The van der Waals surface area contributed by atoms with Gasteiger partial charge in [0.2, 0.25) is 0 Å². The maximum atomic E-state index is 12.7. The first-order chi connectivity index (χ1) is 8.11. The summed E-state index contributed by atoms with van der Waals surface area (Å²) in [5.74, 6) is -0.534. The van der Waals surface area contributed by atoms with Crippen LogP contribution in [-0.2, 0) is 6.18 Å². The molecule has 0 aliphatic carbocycles. The lowest BCUT2D eigenvalue weighted by molar-refractivity contribution is -0.138. The van der Waals surface area contributed by atoms with E-state index in [0.717, 1.165) is 18.5 Å². The Morgan fingerprint density at radius 3 is 2.44 bits per heavy atom. The van der Waals surface area contributed by atoms with E-state index in [1.165, 1.54) is 11.8 Å². The van der Waals surface area contributed by atoms with Crippen molar-refractivity contribution in [2.24, 2.45) is 0 Å². The Bertz CT molecular complexity index is 438. The molecule has 18 heavy (non-hydrogen) atoms. The van der Waals surface area contributed by atoms with Gasteiger partial charge in [-0.05, 0) is 6.07 Å². The van der Waals surface area contributed by atoms with Crippen LogP contribution >= 0.6 is 11.8 Å². The van der Waals surface area contributed by atoms with Gasteiger partial charge in [0.05, 0.1) is 11.3 Å². The van der Waals surface area contributed by atoms with Crippen LogP contribution < -0.4 is 0 Å². The molecule has 0 aromatic carbocycles. The zero-order chi connectivity index (χ0) is 14.0. The number of hydrogen-bond donors (Lipinski definition) is 0. The summed E-state index contributed by atoms with van der Waals surface area (Å²) in [4.78, 5) is 15.4. The average Bonchev–Trinajstić information content (AvgIpc) is 2.24. The summed E-state index contributed by atoms with van der Waals surface area (Å²) in [7, 11) is 0. The molecular formula is C12H14F3NOS. The topological polar surface area (TPSA) is 30.0 Å². The van der Waals surface area contributed by atoms with Gasteiger partial charge >= 0.3 is 6.18 Å². The molecule has 0 bridgehead atoms. The Morgan fingerprint density at radius 2 is 1.94 bits per heavy atom. The van der Waals surface area contributed by atoms with E-state index in [4.69, 9.17) is 0 Å². The van der Waals surface area contributed by atoms with E-state index in [2.05, 4.69) is 4.98 Å². The molecule has 0 radical (unpaired) electrons. The quantitative estimate of drug-likeness (QED) is 0.787. The minimum absolute atomic E-state index is 0.0122. The van der Waals surface area contributed by atoms with Crippen LogP contribution in [0.3, 0.4) is 0 Å². The van der Waals surface area contributed by atoms with E-state index < -0.39 is 17.5 Å². The lowest BCUT2D eigenvalue weighted by Crippen LogP contribution is -2.17. The monoisotopic (exact) mass is 277 g/mol. The number of hydrogen-bond acceptors (Lipinski definition) is 3. The van der Waals surface area contributed by atoms with E-state index in [9.17, 15) is 18.0 Å². The molecule has 1 aromatic heterocycles. The Kier molecular flexibility index (Phi) is 4.42. The third-order valence-corrected chi connectivity index (χ3v) is 3.34. The number of aromatic nitrogens is 1. The second-order valence-corrected chi connectivity index (χ2v) is 6.55. The van der Waals surface area contributed by atoms with Crippen LogP contribution in [0.25, 0.3) is 0 Å². The fourth-order valence-electron chi connectivity index (χ4n) is 1.22. The summed E-state index contributed by atoms with van der Waals surface area (Å²) in [6.07, 6.45) is -2.51. The molecule has 1 aromatic rings. The maximum absolute atomic E-state index is 12.7. The van der Waals surface area contributed by atoms with Gasteiger partial charge < -0.3 is 0 Å². The highest BCUT2D eigenvalue weighted by Crippen LogP contribution is 2.32. The van der Waals surface area contributed by atoms with Crippen LogP contribution in [0.5, 0.6) is 0 Å². The number of Topliss-reactive ketones (excluding diaryl/α,β-unsaturated/α-hetero) is 1. The number of pyridine rings is 1. The molecule has 0 fully saturated rings. The molecule has 0 saturated heterocycles. The number of thioether (sulfide) groups is 1. The second kappa shape index (κ2) is 5.30. The molecule has 0 aliphatic rings. The second-order valence-electron chi connectivity index (χ2n) is 4.74. The summed E-state index contributed by atoms with van der Waals surface area (Å²) in [6, 6.07) is 0.828. The lowest BCUT2D eigenvalue weighted by atomic mass is 10.1. The first-order valence-electron chi connectivity index (χ1n) is 5.29. The predicted octanol–water partition coefficient (Wildman–Crippen LogP) is 3.81. The molecular weight excluding hydrogens is 263 g/mol. The van der Waals surface area contributed by atoms with Crippen LogP contribution in [0.4, 0.5) is 13.2 Å². The number of ketones is 1. The average molecular weight is 277 g/mol. The highest BCUT2D eigenvalue weighted by atomic mass is 32.2. The van der Waals surface area contributed by atoms with Crippen molar-refractivity contribution in [3.8, 4) is 0 Å². The largest absolute Gasteiger partial charge is 0.417 e. The van der Waals surface area contributed by atoms with Crippen LogP contribution in [0.2, 0.25) is 0 Å². The Morgan fingerprint density at radius 1 is 1.33 bits per heavy atom. The van der Waals surface area contributed by atoms with Crippen LogP contribution in [0.15, 0.2) is 18.5 Å². The zero-order valence-corrected chi connectivity index (χ0v) is 11.2. The van der Waals surface area contributed by atoms with Crippen LogP contribution in [0, 0.1) is 0 Å². The molecule has 0 atom stereocenters. The highest BCUT2D eigenvalue weighted by Gasteiger charge is 2.35. The van der Waals surface area contributed by atoms with Crippen molar-refractivity contribution in [3.05, 3.63) is 29.6 Å². The van der Waals surface area contributed by atoms with E-state index in [-0.39, 0.29) is 16.1 Å². The van der Waals surface area contributed by atoms with Crippen LogP contribution in [-0.4, -0.2) is 21.3 Å². The fourth-order valence-corrected chi connectivity index (χ4v) is 1.94. The summed E-state index contributed by atoms with van der Waals surface area (Å²) in [5, 5.41) is 0. The van der Waals surface area contributed by atoms with Crippen molar-refractivity contribution in [1.82, 2.24) is 4.98 Å². The number of alkyl halides is 3. The van der Waals surface area contributed by atoms with Crippen molar-refractivity contribution in [3.63, 3.8) is 0 Å². The third kappa shape index (κ3) is 4.33. The first kappa shape index (κ1) is 15.0. The molecule has 2 nitrogen and oxygen atoms in total. The highest BCUT2D eigenvalue weighted by molar-refractivity contribution is 8.01. The summed E-state index contributed by atoms with van der Waals surface area (Å²) in [6.45, 7) is 5.70. The molecule has 0 amide bonds. The molecule has 0 saturated carbocycles. The number of carbonyl (C=O) groups is 1. The van der Waals surface area contributed by atoms with E-state index in [0.29, 0.717) is 0 Å². The number of rotatable bonds is 3. The van der Waals surface area contributed by atoms with Gasteiger partial charge in [0.1, 0.15) is 0 Å². The van der Waals surface area contributed by atoms with Gasteiger partial charge in [-0.1, -0.05) is 20.8 Å². The van der Waals surface area contributed by atoms with Gasteiger partial charge in [-0.2, -0.15) is 13.2 Å². The molecule has 0 unspecified atom stereocenters. The van der Waals surface area contributed by atoms with Crippen molar-refractivity contribution in [2.75, 3.05) is 5.75 Å². The minimum Gasteiger partial charge on any atom is -0.293 e. The molecule has 6 heteroatoms. The van der Waals surface area contributed by atoms with Crippen molar-refractivity contribution in [2.45, 2.75) is 31.7 Å². The molecule has 1 heterocycles. The normalized spacial score (nSPS) is 12.6. The van der Waals surface area contributed by atoms with Crippen molar-refractivity contribution in [1.29, 1.82) is 0 Å². The van der Waals surface area contributed by atoms with Gasteiger partial charge in [0, 0.05) is 22.7 Å². The molecule has 0 aliphatic heterocycles. The van der Waals surface area contributed by atoms with E-state index in [1.54, 1.807) is 0 Å². The van der Waals surface area contributed by atoms with Gasteiger partial charge in [-0.25, -0.2) is 0 Å². The van der Waals surface area contributed by atoms with Crippen molar-refractivity contribution < 1.29 is 18.0 Å². The minimum atomic E-state index is -4.53. The summed E-state index contributed by atoms with van der Waals surface area (Å²) in [5.41, 5.74) is -1.28. The van der Waals surface area contributed by atoms with E-state index >= 15 is 0 Å². The van der Waals surface area contributed by atoms with E-state index in [1.807, 2.05) is 20.8 Å². The summed E-state index contributed by atoms with van der Waals surface area (Å²) >= 11 is 1.31. The van der Waals surface area contributed by atoms with Gasteiger partial charge in [0.15, 0.2) is 5.78 Å². The molecule has 100 valence electrons. The number of carbonyl (C=O) groups excluding carboxylic acids is 1. The van der Waals surface area contributed by atoms with Gasteiger partial charge in [-0.3, -0.25) is 9.78 Å². The van der Waals surface area contributed by atoms with Crippen molar-refractivity contribution >= 4 is 17.5 Å². The first-order valence-corrected chi connectivity index (χ1v) is 6.28. The fraction of sp³-hybridized carbons (Fsp3) is 0.500. The van der Waals surface area contributed by atoms with Gasteiger partial charge in [-0.15, -0.1) is 11.8 Å². The maximum Gasteiger partial charge on any atom is 0.417 e. The van der Waals surface area contributed by atoms with Crippen LogP contribution in [0.1, 0.15) is 36.7 Å². The smallest absolute Gasteiger partial charge is 0.293 e. The predicted molar refractivity (Wildman–Crippen MR) is 65.8 cm³/mol. The Balaban J connectivity index is 2.93. The third-order valence-electron chi connectivity index (χ3n) is 2.06. The zero-order valence-electron chi connectivity index (χ0n) is 10.3. The Labute approximate surface area is 108 Å². The Hall–Kier alpha value is -1.04. The molecule has 0 spiro atoms. The SMILES string of the molecule is CC(C)(C)SCC(=O)c1cnccc1C(F)(F)F. The number of nitrogens with zero attached hydrogens (tertiary/aromatic N) is 1. The molecule has 1 rings (SSSR count). The lowest BCUT2D eigenvalue weighted by Gasteiger charge is -2.17. The standard InChI is InChI=1S/C12H14F3NOS/c1-11(2,3)18-7-10(17)8-6-16-5-4-9(8)12(13,14)15/h4-6H,7H2,1-3H3. The van der Waals surface area contributed by atoms with Gasteiger partial charge in [0.25, 0.3) is 0 Å². The molecule has 0 N–H and O–H groups in total.